The van der Waals surface area contributed by atoms with Crippen LogP contribution in [0.4, 0.5) is 0 Å². The smallest absolute Gasteiger partial charge is 0.260 e. The van der Waals surface area contributed by atoms with Crippen molar-refractivity contribution in [2.75, 3.05) is 0 Å². The van der Waals surface area contributed by atoms with Gasteiger partial charge in [-0.05, 0) is 28.8 Å². The number of tetrazole rings is 1. The highest BCUT2D eigenvalue weighted by Crippen LogP contribution is 2.35. The Morgan fingerprint density at radius 3 is 3.12 bits per heavy atom. The Kier molecular flexibility index (Phi) is 4.70. The van der Waals surface area contributed by atoms with Gasteiger partial charge in [-0.1, -0.05) is 23.9 Å². The van der Waals surface area contributed by atoms with Crippen LogP contribution in [0.3, 0.4) is 0 Å². The van der Waals surface area contributed by atoms with Crippen molar-refractivity contribution in [3.8, 4) is 10.4 Å². The molecular formula is C16H14N6OS3. The maximum Gasteiger partial charge on any atom is 0.260 e. The van der Waals surface area contributed by atoms with Crippen LogP contribution in [0.1, 0.15) is 18.0 Å². The molecule has 4 heterocycles. The lowest BCUT2D eigenvalue weighted by atomic mass is 10.2. The second kappa shape index (κ2) is 7.14. The van der Waals surface area contributed by atoms with Gasteiger partial charge in [0.1, 0.15) is 10.7 Å². The first-order chi connectivity index (χ1) is 12.7. The molecule has 7 nitrogen and oxygen atoms in total. The minimum atomic E-state index is -0.118. The average Bonchev–Trinajstić information content (AvgIpc) is 3.35. The molecule has 10 heteroatoms. The van der Waals surface area contributed by atoms with E-state index in [9.17, 15) is 4.79 Å². The lowest BCUT2D eigenvalue weighted by Gasteiger charge is -2.09. The molecule has 0 aliphatic heterocycles. The molecular weight excluding hydrogens is 388 g/mol. The van der Waals surface area contributed by atoms with Crippen LogP contribution < -0.4 is 5.56 Å². The minimum Gasteiger partial charge on any atom is -0.309 e. The number of rotatable bonds is 6. The van der Waals surface area contributed by atoms with Crippen molar-refractivity contribution in [3.05, 3.63) is 51.7 Å². The first-order valence-electron chi connectivity index (χ1n) is 7.76. The number of thiophene rings is 2. The van der Waals surface area contributed by atoms with Crippen LogP contribution in [-0.2, 0) is 6.54 Å². The van der Waals surface area contributed by atoms with Crippen LogP contribution in [0.2, 0.25) is 0 Å². The summed E-state index contributed by atoms with van der Waals surface area (Å²) < 4.78 is 1.66. The molecule has 132 valence electrons. The van der Waals surface area contributed by atoms with Gasteiger partial charge in [0.05, 0.1) is 17.2 Å². The molecule has 0 aromatic carbocycles. The Morgan fingerprint density at radius 1 is 1.46 bits per heavy atom. The van der Waals surface area contributed by atoms with Gasteiger partial charge in [-0.15, -0.1) is 34.4 Å². The summed E-state index contributed by atoms with van der Waals surface area (Å²) in [6.07, 6.45) is 1.73. The summed E-state index contributed by atoms with van der Waals surface area (Å²) in [4.78, 5) is 22.1. The van der Waals surface area contributed by atoms with E-state index in [2.05, 4.69) is 32.1 Å². The first kappa shape index (κ1) is 17.1. The van der Waals surface area contributed by atoms with Crippen LogP contribution in [0.25, 0.3) is 20.7 Å². The third kappa shape index (κ3) is 3.11. The summed E-state index contributed by atoms with van der Waals surface area (Å²) in [7, 11) is 0. The largest absolute Gasteiger partial charge is 0.309 e. The molecule has 0 bridgehead atoms. The molecule has 26 heavy (non-hydrogen) atoms. The lowest BCUT2D eigenvalue weighted by molar-refractivity contribution is 0.613. The fourth-order valence-corrected chi connectivity index (χ4v) is 5.13. The Hall–Kier alpha value is -2.30. The molecule has 4 aromatic heterocycles. The summed E-state index contributed by atoms with van der Waals surface area (Å²) >= 11 is 4.54. The Balaban J connectivity index is 1.68. The van der Waals surface area contributed by atoms with Gasteiger partial charge in [0.25, 0.3) is 5.56 Å². The number of nitrogens with zero attached hydrogens (tertiary/aromatic N) is 5. The van der Waals surface area contributed by atoms with Crippen molar-refractivity contribution in [2.45, 2.75) is 23.9 Å². The normalized spacial score (nSPS) is 12.5. The van der Waals surface area contributed by atoms with Crippen LogP contribution in [-0.4, -0.2) is 30.2 Å². The molecule has 0 aliphatic carbocycles. The van der Waals surface area contributed by atoms with Gasteiger partial charge in [0, 0.05) is 15.8 Å². The van der Waals surface area contributed by atoms with Gasteiger partial charge >= 0.3 is 0 Å². The van der Waals surface area contributed by atoms with E-state index in [0.29, 0.717) is 22.9 Å². The van der Waals surface area contributed by atoms with Crippen LogP contribution in [0.15, 0.2) is 45.5 Å². The van der Waals surface area contributed by atoms with Crippen LogP contribution in [0.5, 0.6) is 0 Å². The van der Waals surface area contributed by atoms with Crippen LogP contribution in [0, 0.1) is 0 Å². The topological polar surface area (TPSA) is 89.3 Å². The van der Waals surface area contributed by atoms with E-state index in [1.54, 1.807) is 22.1 Å². The SMILES string of the molecule is C=CCn1nnnc1SC(C)c1nc2scc(-c3cccs3)c2c(=O)[nH]1. The predicted molar refractivity (Wildman–Crippen MR) is 106 cm³/mol. The Bertz CT molecular complexity index is 1110. The standard InChI is InChI=1S/C16H14N6OS3/c1-3-6-22-16(19-20-21-22)26-9(2)13-17-14(23)12-10(8-25-15(12)18-13)11-5-4-7-24-11/h3-5,7-9H,1,6H2,2H3,(H,17,18,23). The van der Waals surface area contributed by atoms with Crippen molar-refractivity contribution in [1.82, 2.24) is 30.2 Å². The molecule has 0 saturated heterocycles. The third-order valence-electron chi connectivity index (χ3n) is 3.72. The molecule has 0 amide bonds. The monoisotopic (exact) mass is 402 g/mol. The molecule has 4 rings (SSSR count). The lowest BCUT2D eigenvalue weighted by Crippen LogP contribution is -2.12. The highest BCUT2D eigenvalue weighted by Gasteiger charge is 2.19. The molecule has 1 atom stereocenters. The van der Waals surface area contributed by atoms with Crippen LogP contribution >= 0.6 is 34.4 Å². The van der Waals surface area contributed by atoms with E-state index in [-0.39, 0.29) is 10.8 Å². The number of hydrogen-bond acceptors (Lipinski definition) is 8. The van der Waals surface area contributed by atoms with Gasteiger partial charge in [-0.25, -0.2) is 9.67 Å². The molecule has 4 aromatic rings. The highest BCUT2D eigenvalue weighted by molar-refractivity contribution is 7.99. The molecule has 0 radical (unpaired) electrons. The van der Waals surface area contributed by atoms with Crippen molar-refractivity contribution < 1.29 is 0 Å². The van der Waals surface area contributed by atoms with E-state index in [4.69, 9.17) is 0 Å². The summed E-state index contributed by atoms with van der Waals surface area (Å²) in [6, 6.07) is 3.99. The quantitative estimate of drug-likeness (QED) is 0.390. The average molecular weight is 403 g/mol. The van der Waals surface area contributed by atoms with Gasteiger partial charge in [-0.2, -0.15) is 0 Å². The predicted octanol–water partition coefficient (Wildman–Crippen LogP) is 3.74. The molecule has 0 fully saturated rings. The summed E-state index contributed by atoms with van der Waals surface area (Å²) in [6.45, 7) is 6.20. The van der Waals surface area contributed by atoms with Gasteiger partial charge in [0.2, 0.25) is 5.16 Å². The number of H-pyrrole nitrogens is 1. The maximum atomic E-state index is 12.7. The van der Waals surface area contributed by atoms with E-state index < -0.39 is 0 Å². The fraction of sp³-hybridized carbons (Fsp3) is 0.188. The fourth-order valence-electron chi connectivity index (χ4n) is 2.50. The number of allylic oxidation sites excluding steroid dienone is 1. The zero-order chi connectivity index (χ0) is 18.1. The van der Waals surface area contributed by atoms with Crippen molar-refractivity contribution in [1.29, 1.82) is 0 Å². The van der Waals surface area contributed by atoms with Crippen molar-refractivity contribution in [2.24, 2.45) is 0 Å². The van der Waals surface area contributed by atoms with E-state index in [1.165, 1.54) is 23.1 Å². The first-order valence-corrected chi connectivity index (χ1v) is 10.4. The number of nitrogens with one attached hydrogen (secondary N) is 1. The summed E-state index contributed by atoms with van der Waals surface area (Å²) in [5.74, 6) is 0.611. The zero-order valence-electron chi connectivity index (χ0n) is 13.7. The Morgan fingerprint density at radius 2 is 2.35 bits per heavy atom. The second-order valence-electron chi connectivity index (χ2n) is 5.45. The van der Waals surface area contributed by atoms with Gasteiger partial charge in [0.15, 0.2) is 0 Å². The van der Waals surface area contributed by atoms with E-state index in [0.717, 1.165) is 15.3 Å². The maximum absolute atomic E-state index is 12.7. The van der Waals surface area contributed by atoms with Gasteiger partial charge < -0.3 is 4.98 Å². The number of fused-ring (bicyclic) bond motifs is 1. The Labute approximate surface area is 160 Å². The van der Waals surface area contributed by atoms with E-state index >= 15 is 0 Å². The molecule has 1 N–H and O–H groups in total. The number of aromatic amines is 1. The summed E-state index contributed by atoms with van der Waals surface area (Å²) in [5.41, 5.74) is 0.823. The number of aromatic nitrogens is 6. The van der Waals surface area contributed by atoms with Crippen molar-refractivity contribution >= 4 is 44.7 Å². The molecule has 1 unspecified atom stereocenters. The van der Waals surface area contributed by atoms with Crippen molar-refractivity contribution in [3.63, 3.8) is 0 Å². The molecule has 0 aliphatic rings. The second-order valence-corrected chi connectivity index (χ2v) is 8.56. The highest BCUT2D eigenvalue weighted by atomic mass is 32.2. The third-order valence-corrected chi connectivity index (χ3v) is 6.57. The number of thioether (sulfide) groups is 1. The van der Waals surface area contributed by atoms with E-state index in [1.807, 2.05) is 29.8 Å². The zero-order valence-corrected chi connectivity index (χ0v) is 16.2. The summed E-state index contributed by atoms with van der Waals surface area (Å²) in [5, 5.41) is 16.8. The molecule has 0 spiro atoms. The van der Waals surface area contributed by atoms with Gasteiger partial charge in [-0.3, -0.25) is 4.79 Å². The molecule has 0 saturated carbocycles. The minimum absolute atomic E-state index is 0.103. The number of hydrogen-bond donors (Lipinski definition) is 1.